The summed E-state index contributed by atoms with van der Waals surface area (Å²) in [7, 11) is 3.23. The minimum Gasteiger partial charge on any atom is -0.507 e. The molecule has 2 bridgehead atoms. The van der Waals surface area contributed by atoms with Gasteiger partial charge in [0, 0.05) is 35.3 Å². The Bertz CT molecular complexity index is 2360. The molecule has 15 atom stereocenters. The number of ether oxygens (including phenoxy) is 4. The van der Waals surface area contributed by atoms with Crippen LogP contribution in [0.1, 0.15) is 162 Å². The van der Waals surface area contributed by atoms with Crippen molar-refractivity contribution in [3.05, 3.63) is 28.8 Å². The number of Topliss-reactive ketones (excluding diaryl/α,β-unsaturated/α-hetero) is 1. The molecule has 11 rings (SSSR count). The Morgan fingerprint density at radius 3 is 2.46 bits per heavy atom. The molecular formula is C55H76O13S2. The second kappa shape index (κ2) is 18.5. The minimum atomic E-state index is -1.78. The van der Waals surface area contributed by atoms with Crippen molar-refractivity contribution < 1.29 is 64.3 Å². The number of fused-ring (bicyclic) bond motifs is 1. The molecule has 0 amide bonds. The Balaban J connectivity index is 0.921. The third-order valence-corrected chi connectivity index (χ3v) is 23.7. The van der Waals surface area contributed by atoms with Crippen LogP contribution in [0.4, 0.5) is 0 Å². The maximum atomic E-state index is 12.7. The summed E-state index contributed by atoms with van der Waals surface area (Å²) in [6.07, 6.45) is 17.8. The lowest BCUT2D eigenvalue weighted by Crippen LogP contribution is -2.69. The summed E-state index contributed by atoms with van der Waals surface area (Å²) >= 11 is 0. The van der Waals surface area contributed by atoms with Crippen molar-refractivity contribution in [2.75, 3.05) is 38.1 Å². The smallest absolute Gasteiger partial charge is 0.335 e. The maximum absolute atomic E-state index is 12.7. The number of carboxylic acid groups (broad SMARTS) is 1. The standard InChI is InChI=1S/C55H76O13S2/c1-31-41(32(2)58)45(60)42-38(44(31)59)20-34(48(63)64)21-39(42)67-49-46(61)47(62)55(40(24-57)68-49)14-9-33-22-50(23-35-25-65-28-52(43(33)35,12-5-19-56)29-69-70-30-66-55)15-17-53(26-50)13-10-37-7-3-6-36-8-4-11-51(36)16-18-54(37,53)27-51/h20-21,33,35-37,40,43,46-47,49,56-57,59-62H,3-19,22-30H2,1-2H3,(H,63,64)/t33-,35+,36-,37+,40-,43+,46-,47-,49-,50+,51+,52-,53+,54+,55-/m1/s1. The molecule has 2 aromatic rings. The Hall–Kier alpha value is -2.34. The molecule has 0 aromatic heterocycles. The van der Waals surface area contributed by atoms with E-state index in [0.29, 0.717) is 47.5 Å². The van der Waals surface area contributed by atoms with E-state index in [1.165, 1.54) is 121 Å². The molecule has 3 aliphatic heterocycles. The van der Waals surface area contributed by atoms with Crippen LogP contribution < -0.4 is 4.74 Å². The van der Waals surface area contributed by atoms with Crippen LogP contribution >= 0.6 is 21.6 Å². The molecule has 6 aliphatic carbocycles. The van der Waals surface area contributed by atoms with E-state index in [0.717, 1.165) is 49.5 Å². The molecule has 3 saturated heterocycles. The van der Waals surface area contributed by atoms with Crippen molar-refractivity contribution in [2.45, 2.75) is 172 Å². The normalized spacial score (nSPS) is 43.6. The number of ketones is 1. The highest BCUT2D eigenvalue weighted by molar-refractivity contribution is 8.76. The van der Waals surface area contributed by atoms with Crippen LogP contribution in [-0.2, 0) is 14.2 Å². The number of aromatic carboxylic acids is 1. The predicted octanol–water partition coefficient (Wildman–Crippen LogP) is 9.31. The van der Waals surface area contributed by atoms with E-state index in [2.05, 4.69) is 0 Å². The molecule has 0 radical (unpaired) electrons. The zero-order chi connectivity index (χ0) is 49.0. The van der Waals surface area contributed by atoms with Crippen molar-refractivity contribution in [2.24, 2.45) is 56.7 Å². The quantitative estimate of drug-likeness (QED) is 0.0746. The predicted molar refractivity (Wildman–Crippen MR) is 266 cm³/mol. The van der Waals surface area contributed by atoms with E-state index in [-0.39, 0.29) is 68.9 Å². The highest BCUT2D eigenvalue weighted by Crippen LogP contribution is 2.80. The monoisotopic (exact) mass is 1010 g/mol. The van der Waals surface area contributed by atoms with Gasteiger partial charge in [0.1, 0.15) is 47.1 Å². The van der Waals surface area contributed by atoms with E-state index in [1.807, 2.05) is 0 Å². The van der Waals surface area contributed by atoms with Gasteiger partial charge < -0.3 is 54.7 Å². The van der Waals surface area contributed by atoms with Crippen molar-refractivity contribution in [1.82, 2.24) is 0 Å². The molecule has 13 nitrogen and oxygen atoms in total. The number of phenols is 2. The maximum Gasteiger partial charge on any atom is 0.335 e. The van der Waals surface area contributed by atoms with Gasteiger partial charge in [0.05, 0.1) is 29.7 Å². The van der Waals surface area contributed by atoms with Gasteiger partial charge in [0.15, 0.2) is 5.78 Å². The molecule has 6 saturated carbocycles. The van der Waals surface area contributed by atoms with Gasteiger partial charge in [-0.05, 0) is 193 Å². The van der Waals surface area contributed by atoms with E-state index in [9.17, 15) is 45.3 Å². The van der Waals surface area contributed by atoms with Crippen LogP contribution in [0.2, 0.25) is 0 Å². The number of rotatable bonds is 8. The first-order chi connectivity index (χ1) is 33.6. The van der Waals surface area contributed by atoms with Crippen LogP contribution in [-0.4, -0.2) is 116 Å². The molecule has 9 fully saturated rings. The summed E-state index contributed by atoms with van der Waals surface area (Å²) < 4.78 is 26.2. The molecule has 386 valence electrons. The van der Waals surface area contributed by atoms with Gasteiger partial charge in [-0.1, -0.05) is 34.4 Å². The minimum absolute atomic E-state index is 0.0577. The number of aliphatic hydroxyl groups is 4. The number of hydrogen-bond acceptors (Lipinski definition) is 14. The van der Waals surface area contributed by atoms with Gasteiger partial charge >= 0.3 is 5.97 Å². The molecule has 2 aromatic carbocycles. The van der Waals surface area contributed by atoms with Crippen molar-refractivity contribution >= 4 is 44.1 Å². The topological polar surface area (TPSA) is 213 Å². The van der Waals surface area contributed by atoms with E-state index >= 15 is 0 Å². The zero-order valence-electron chi connectivity index (χ0n) is 41.1. The summed E-state index contributed by atoms with van der Waals surface area (Å²) in [4.78, 5) is 25.1. The summed E-state index contributed by atoms with van der Waals surface area (Å²) in [6, 6.07) is 2.28. The SMILES string of the molecule is CC(=O)c1c(C)c(O)c2cc(C(=O)O)cc(O[C@@H]3O[C@H](CO)[C@]4(CC[C@@H]5C[C@@]6(CC[C@@]7(CC[C@@H]8CCC[C@@H]9CCC[C@@]9%10CC[C@]87C%10)C6)C[C@H]6COC[C@](CCCO)(CSSCO4)[C@@H]56)[C@H](O)[C@H]3O)c2c1O. The fourth-order valence-electron chi connectivity index (χ4n) is 18.8. The van der Waals surface area contributed by atoms with E-state index in [4.69, 9.17) is 18.9 Å². The summed E-state index contributed by atoms with van der Waals surface area (Å²) in [5, 5.41) is 78.9. The third kappa shape index (κ3) is 7.63. The van der Waals surface area contributed by atoms with Gasteiger partial charge in [0.25, 0.3) is 0 Å². The van der Waals surface area contributed by atoms with Crippen molar-refractivity contribution in [1.29, 1.82) is 0 Å². The van der Waals surface area contributed by atoms with Crippen molar-refractivity contribution in [3.8, 4) is 17.2 Å². The number of hydrogen-bond donors (Lipinski definition) is 7. The summed E-state index contributed by atoms with van der Waals surface area (Å²) in [5.41, 5.74) is -0.619. The molecule has 3 heterocycles. The lowest BCUT2D eigenvalue weighted by atomic mass is 9.49. The number of aliphatic hydroxyl groups excluding tert-OH is 4. The molecule has 9 aliphatic rings. The number of phenolic OH excluding ortho intramolecular Hbond substituents is 2. The molecule has 5 spiro atoms. The fraction of sp³-hybridized carbons (Fsp3) is 0.782. The second-order valence-electron chi connectivity index (χ2n) is 24.4. The van der Waals surface area contributed by atoms with Gasteiger partial charge in [0.2, 0.25) is 6.29 Å². The summed E-state index contributed by atoms with van der Waals surface area (Å²) in [6.45, 7) is 3.55. The number of carbonyl (C=O) groups excluding carboxylic acids is 1. The molecule has 0 unspecified atom stereocenters. The molecule has 7 N–H and O–H groups in total. The summed E-state index contributed by atoms with van der Waals surface area (Å²) in [5.74, 6) is 0.407. The van der Waals surface area contributed by atoms with E-state index in [1.54, 1.807) is 10.8 Å². The first-order valence-corrected chi connectivity index (χ1v) is 29.2. The van der Waals surface area contributed by atoms with Gasteiger partial charge in [-0.3, -0.25) is 4.79 Å². The lowest BCUT2D eigenvalue weighted by Gasteiger charge is -2.59. The van der Waals surface area contributed by atoms with Gasteiger partial charge in [-0.15, -0.1) is 0 Å². The second-order valence-corrected chi connectivity index (χ2v) is 26.8. The van der Waals surface area contributed by atoms with Gasteiger partial charge in [-0.25, -0.2) is 4.79 Å². The Kier molecular flexibility index (Phi) is 13.2. The highest BCUT2D eigenvalue weighted by atomic mass is 33.1. The average Bonchev–Trinajstić information content (AvgIpc) is 4.10. The molecular weight excluding hydrogens is 933 g/mol. The number of carbonyl (C=O) groups is 2. The zero-order valence-corrected chi connectivity index (χ0v) is 42.8. The van der Waals surface area contributed by atoms with Crippen LogP contribution in [0, 0.1) is 63.6 Å². The lowest BCUT2D eigenvalue weighted by molar-refractivity contribution is -0.323. The van der Waals surface area contributed by atoms with Crippen LogP contribution in [0.25, 0.3) is 10.8 Å². The van der Waals surface area contributed by atoms with Crippen LogP contribution in [0.15, 0.2) is 12.1 Å². The molecule has 70 heavy (non-hydrogen) atoms. The Morgan fingerprint density at radius 1 is 0.871 bits per heavy atom. The highest BCUT2D eigenvalue weighted by Gasteiger charge is 2.71. The Morgan fingerprint density at radius 2 is 1.67 bits per heavy atom. The molecule has 15 heteroatoms. The fourth-order valence-corrected chi connectivity index (χ4v) is 21.2. The first kappa shape index (κ1) is 49.9. The first-order valence-electron chi connectivity index (χ1n) is 26.7. The van der Waals surface area contributed by atoms with Crippen LogP contribution in [0.3, 0.4) is 0 Å². The number of aromatic hydroxyl groups is 2. The van der Waals surface area contributed by atoms with Crippen LogP contribution in [0.5, 0.6) is 17.2 Å². The van der Waals surface area contributed by atoms with Gasteiger partial charge in [-0.2, -0.15) is 0 Å². The van der Waals surface area contributed by atoms with Crippen molar-refractivity contribution in [3.63, 3.8) is 0 Å². The number of carboxylic acids is 1. The Labute approximate surface area is 419 Å². The number of benzene rings is 2. The third-order valence-electron chi connectivity index (χ3n) is 21.5. The average molecular weight is 1010 g/mol. The largest absolute Gasteiger partial charge is 0.507 e. The van der Waals surface area contributed by atoms with E-state index < -0.39 is 60.1 Å².